The molecular weight excluding hydrogens is 218 g/mol. The highest BCUT2D eigenvalue weighted by Gasteiger charge is 2.06. The number of pyridine rings is 1. The summed E-state index contributed by atoms with van der Waals surface area (Å²) in [6, 6.07) is 17.0. The van der Waals surface area contributed by atoms with E-state index in [1.165, 1.54) is 34.7 Å². The summed E-state index contributed by atoms with van der Waals surface area (Å²) in [4.78, 5) is 4.84. The van der Waals surface area contributed by atoms with Gasteiger partial charge in [-0.1, -0.05) is 55.8 Å². The fraction of sp³-hybridized carbons (Fsp3) is 0.235. The van der Waals surface area contributed by atoms with Gasteiger partial charge in [-0.15, -0.1) is 0 Å². The summed E-state index contributed by atoms with van der Waals surface area (Å²) in [6.07, 6.45) is 3.49. The number of benzene rings is 2. The van der Waals surface area contributed by atoms with Crippen LogP contribution in [0, 0.1) is 0 Å². The molecule has 1 heteroatoms. The second-order valence-corrected chi connectivity index (χ2v) is 4.72. The van der Waals surface area contributed by atoms with Crippen LogP contribution >= 0.6 is 0 Å². The second-order valence-electron chi connectivity index (χ2n) is 4.72. The largest absolute Gasteiger partial charge is 0.252 e. The number of rotatable bonds is 3. The van der Waals surface area contributed by atoms with Crippen LogP contribution in [0.4, 0.5) is 0 Å². The van der Waals surface area contributed by atoms with E-state index >= 15 is 0 Å². The highest BCUT2D eigenvalue weighted by atomic mass is 14.7. The minimum Gasteiger partial charge on any atom is -0.252 e. The average Bonchev–Trinajstić information content (AvgIpc) is 2.45. The molecule has 1 heterocycles. The zero-order valence-electron chi connectivity index (χ0n) is 10.7. The third-order valence-electron chi connectivity index (χ3n) is 3.45. The van der Waals surface area contributed by atoms with Crippen LogP contribution in [0.3, 0.4) is 0 Å². The Morgan fingerprint density at radius 1 is 0.833 bits per heavy atom. The topological polar surface area (TPSA) is 12.9 Å². The first-order valence-electron chi connectivity index (χ1n) is 6.66. The molecule has 3 rings (SSSR count). The van der Waals surface area contributed by atoms with Gasteiger partial charge < -0.3 is 0 Å². The van der Waals surface area contributed by atoms with E-state index in [2.05, 4.69) is 55.5 Å². The van der Waals surface area contributed by atoms with Gasteiger partial charge in [-0.3, -0.25) is 4.98 Å². The first kappa shape index (κ1) is 11.2. The van der Waals surface area contributed by atoms with Crippen LogP contribution in [0.1, 0.15) is 25.5 Å². The lowest BCUT2D eigenvalue weighted by molar-refractivity contribution is 0.785. The van der Waals surface area contributed by atoms with Crippen LogP contribution in [-0.2, 0) is 6.42 Å². The Labute approximate surface area is 107 Å². The number of para-hydroxylation sites is 1. The zero-order chi connectivity index (χ0) is 12.4. The molecule has 90 valence electrons. The van der Waals surface area contributed by atoms with Gasteiger partial charge in [0.1, 0.15) is 0 Å². The molecular formula is C17H17N. The average molecular weight is 235 g/mol. The standard InChI is InChI=1S/C17H17N/c1-2-3-11-16-14-9-5-4-8-13(14)15-10-6-7-12-17(15)18-16/h4-10,12H,2-3,11H2,1H3. The molecule has 0 fully saturated rings. The smallest absolute Gasteiger partial charge is 0.0711 e. The summed E-state index contributed by atoms with van der Waals surface area (Å²) in [5.74, 6) is 0. The molecule has 0 aliphatic heterocycles. The molecule has 3 aromatic rings. The fourth-order valence-corrected chi connectivity index (χ4v) is 2.51. The maximum absolute atomic E-state index is 4.84. The monoisotopic (exact) mass is 235 g/mol. The van der Waals surface area contributed by atoms with Crippen molar-refractivity contribution in [1.29, 1.82) is 0 Å². The molecule has 0 bridgehead atoms. The first-order valence-corrected chi connectivity index (χ1v) is 6.66. The van der Waals surface area contributed by atoms with Gasteiger partial charge in [0.15, 0.2) is 0 Å². The van der Waals surface area contributed by atoms with Gasteiger partial charge in [-0.05, 0) is 24.3 Å². The maximum atomic E-state index is 4.84. The van der Waals surface area contributed by atoms with Gasteiger partial charge in [-0.25, -0.2) is 0 Å². The molecule has 0 radical (unpaired) electrons. The van der Waals surface area contributed by atoms with E-state index in [1.807, 2.05) is 0 Å². The van der Waals surface area contributed by atoms with Crippen LogP contribution in [0.25, 0.3) is 21.7 Å². The highest BCUT2D eigenvalue weighted by molar-refractivity contribution is 6.06. The third kappa shape index (κ3) is 1.86. The van der Waals surface area contributed by atoms with Gasteiger partial charge in [0.25, 0.3) is 0 Å². The summed E-state index contributed by atoms with van der Waals surface area (Å²) < 4.78 is 0. The SMILES string of the molecule is CCCCc1nc2ccccc2c2ccccc12. The second kappa shape index (κ2) is 4.77. The van der Waals surface area contributed by atoms with E-state index in [9.17, 15) is 0 Å². The van der Waals surface area contributed by atoms with E-state index < -0.39 is 0 Å². The van der Waals surface area contributed by atoms with Gasteiger partial charge >= 0.3 is 0 Å². The lowest BCUT2D eigenvalue weighted by Crippen LogP contribution is -1.93. The number of aryl methyl sites for hydroxylation is 1. The normalized spacial score (nSPS) is 11.2. The van der Waals surface area contributed by atoms with Crippen molar-refractivity contribution in [3.63, 3.8) is 0 Å². The van der Waals surface area contributed by atoms with Crippen LogP contribution in [0.5, 0.6) is 0 Å². The van der Waals surface area contributed by atoms with Crippen molar-refractivity contribution >= 4 is 21.7 Å². The molecule has 0 N–H and O–H groups in total. The van der Waals surface area contributed by atoms with E-state index in [0.29, 0.717) is 0 Å². The molecule has 0 aliphatic carbocycles. The van der Waals surface area contributed by atoms with Gasteiger partial charge in [0.05, 0.1) is 5.52 Å². The Balaban J connectivity index is 2.32. The summed E-state index contributed by atoms with van der Waals surface area (Å²) in [5, 5.41) is 3.90. The molecule has 0 amide bonds. The molecule has 18 heavy (non-hydrogen) atoms. The van der Waals surface area contributed by atoms with E-state index in [1.54, 1.807) is 0 Å². The van der Waals surface area contributed by atoms with Crippen LogP contribution in [0.15, 0.2) is 48.5 Å². The predicted octanol–water partition coefficient (Wildman–Crippen LogP) is 4.73. The Morgan fingerprint density at radius 3 is 2.28 bits per heavy atom. The number of hydrogen-bond acceptors (Lipinski definition) is 1. The molecule has 0 saturated heterocycles. The van der Waals surface area contributed by atoms with Gasteiger partial charge in [0.2, 0.25) is 0 Å². The van der Waals surface area contributed by atoms with Crippen LogP contribution in [0.2, 0.25) is 0 Å². The number of unbranched alkanes of at least 4 members (excludes halogenated alkanes) is 1. The van der Waals surface area contributed by atoms with E-state index in [4.69, 9.17) is 4.98 Å². The number of hydrogen-bond donors (Lipinski definition) is 0. The van der Waals surface area contributed by atoms with E-state index in [0.717, 1.165) is 11.9 Å². The minimum absolute atomic E-state index is 1.07. The van der Waals surface area contributed by atoms with Crippen molar-refractivity contribution < 1.29 is 0 Å². The van der Waals surface area contributed by atoms with Crippen molar-refractivity contribution in [2.24, 2.45) is 0 Å². The summed E-state index contributed by atoms with van der Waals surface area (Å²) in [6.45, 7) is 2.23. The van der Waals surface area contributed by atoms with Crippen molar-refractivity contribution in [2.45, 2.75) is 26.2 Å². The Bertz CT molecular complexity index is 685. The quantitative estimate of drug-likeness (QED) is 0.598. The van der Waals surface area contributed by atoms with Crippen molar-refractivity contribution in [1.82, 2.24) is 4.98 Å². The third-order valence-corrected chi connectivity index (χ3v) is 3.45. The number of fused-ring (bicyclic) bond motifs is 3. The molecule has 0 unspecified atom stereocenters. The van der Waals surface area contributed by atoms with Crippen molar-refractivity contribution in [3.05, 3.63) is 54.2 Å². The van der Waals surface area contributed by atoms with Crippen LogP contribution < -0.4 is 0 Å². The molecule has 2 aromatic carbocycles. The van der Waals surface area contributed by atoms with Crippen LogP contribution in [-0.4, -0.2) is 4.98 Å². The maximum Gasteiger partial charge on any atom is 0.0711 e. The molecule has 0 spiro atoms. The van der Waals surface area contributed by atoms with Gasteiger partial charge in [-0.2, -0.15) is 0 Å². The van der Waals surface area contributed by atoms with Crippen molar-refractivity contribution in [2.75, 3.05) is 0 Å². The summed E-state index contributed by atoms with van der Waals surface area (Å²) in [5.41, 5.74) is 2.36. The lowest BCUT2D eigenvalue weighted by Gasteiger charge is -2.09. The number of aromatic nitrogens is 1. The lowest BCUT2D eigenvalue weighted by atomic mass is 10.0. The molecule has 0 saturated carbocycles. The first-order chi connectivity index (χ1) is 8.90. The summed E-state index contributed by atoms with van der Waals surface area (Å²) in [7, 11) is 0. The van der Waals surface area contributed by atoms with E-state index in [-0.39, 0.29) is 0 Å². The molecule has 0 aliphatic rings. The predicted molar refractivity (Wildman–Crippen MR) is 77.9 cm³/mol. The Morgan fingerprint density at radius 2 is 1.50 bits per heavy atom. The molecule has 1 nitrogen and oxygen atoms in total. The fourth-order valence-electron chi connectivity index (χ4n) is 2.51. The Kier molecular flexibility index (Phi) is 2.97. The number of nitrogens with zero attached hydrogens (tertiary/aromatic N) is 1. The molecule has 0 atom stereocenters. The highest BCUT2D eigenvalue weighted by Crippen LogP contribution is 2.26. The molecule has 1 aromatic heterocycles. The summed E-state index contributed by atoms with van der Waals surface area (Å²) >= 11 is 0. The van der Waals surface area contributed by atoms with Gasteiger partial charge in [0, 0.05) is 16.5 Å². The minimum atomic E-state index is 1.07. The van der Waals surface area contributed by atoms with Crippen molar-refractivity contribution in [3.8, 4) is 0 Å². The Hall–Kier alpha value is -1.89. The zero-order valence-corrected chi connectivity index (χ0v) is 10.7.